The van der Waals surface area contributed by atoms with Crippen molar-refractivity contribution in [2.45, 2.75) is 20.4 Å². The van der Waals surface area contributed by atoms with Crippen LogP contribution in [0.1, 0.15) is 18.3 Å². The fourth-order valence-electron chi connectivity index (χ4n) is 1.54. The molecular formula is C12H14BrN3O. The van der Waals surface area contributed by atoms with E-state index in [2.05, 4.69) is 31.4 Å². The van der Waals surface area contributed by atoms with Gasteiger partial charge in [0.2, 0.25) is 0 Å². The van der Waals surface area contributed by atoms with Crippen LogP contribution in [0.5, 0.6) is 0 Å². The minimum Gasteiger partial charge on any atom is -0.334 e. The molecule has 0 aliphatic rings. The number of aryl methyl sites for hydroxylation is 1. The molecule has 0 unspecified atom stereocenters. The molecule has 90 valence electrons. The normalized spacial score (nSPS) is 10.8. The van der Waals surface area contributed by atoms with Gasteiger partial charge in [-0.3, -0.25) is 0 Å². The van der Waals surface area contributed by atoms with Crippen molar-refractivity contribution in [1.82, 2.24) is 15.5 Å². The Morgan fingerprint density at radius 3 is 2.88 bits per heavy atom. The summed E-state index contributed by atoms with van der Waals surface area (Å²) in [6.07, 6.45) is 0. The Hall–Kier alpha value is -1.20. The average molecular weight is 296 g/mol. The van der Waals surface area contributed by atoms with Crippen LogP contribution in [0.3, 0.4) is 0 Å². The van der Waals surface area contributed by atoms with Crippen LogP contribution in [0.25, 0.3) is 11.5 Å². The zero-order chi connectivity index (χ0) is 12.3. The van der Waals surface area contributed by atoms with Gasteiger partial charge in [0.05, 0.1) is 6.54 Å². The highest BCUT2D eigenvalue weighted by Gasteiger charge is 2.09. The highest BCUT2D eigenvalue weighted by atomic mass is 79.9. The van der Waals surface area contributed by atoms with E-state index < -0.39 is 0 Å². The molecule has 0 atom stereocenters. The predicted molar refractivity (Wildman–Crippen MR) is 69.6 cm³/mol. The van der Waals surface area contributed by atoms with E-state index in [1.54, 1.807) is 0 Å². The topological polar surface area (TPSA) is 51.0 Å². The number of halogens is 1. The molecule has 5 heteroatoms. The Morgan fingerprint density at radius 2 is 2.18 bits per heavy atom. The standard InChI is InChI=1S/C12H14BrN3O/c1-3-14-7-11-15-12(17-16-11)9-4-8(2)5-10(13)6-9/h4-6,14H,3,7H2,1-2H3. The summed E-state index contributed by atoms with van der Waals surface area (Å²) in [6.45, 7) is 5.59. The Kier molecular flexibility index (Phi) is 3.91. The van der Waals surface area contributed by atoms with E-state index in [9.17, 15) is 0 Å². The summed E-state index contributed by atoms with van der Waals surface area (Å²) in [4.78, 5) is 4.34. The lowest BCUT2D eigenvalue weighted by atomic mass is 10.1. The van der Waals surface area contributed by atoms with Gasteiger partial charge in [0.15, 0.2) is 5.82 Å². The molecule has 1 aromatic heterocycles. The number of hydrogen-bond acceptors (Lipinski definition) is 4. The van der Waals surface area contributed by atoms with Crippen molar-refractivity contribution >= 4 is 15.9 Å². The number of aromatic nitrogens is 2. The Bertz CT molecular complexity index is 490. The molecule has 17 heavy (non-hydrogen) atoms. The highest BCUT2D eigenvalue weighted by molar-refractivity contribution is 9.10. The number of nitrogens with zero attached hydrogens (tertiary/aromatic N) is 2. The first-order valence-corrected chi connectivity index (χ1v) is 6.29. The first kappa shape index (κ1) is 12.3. The summed E-state index contributed by atoms with van der Waals surface area (Å²) in [5.41, 5.74) is 2.09. The summed E-state index contributed by atoms with van der Waals surface area (Å²) in [5.74, 6) is 1.24. The van der Waals surface area contributed by atoms with E-state index in [0.29, 0.717) is 18.3 Å². The monoisotopic (exact) mass is 295 g/mol. The van der Waals surface area contributed by atoms with Gasteiger partial charge in [0, 0.05) is 10.0 Å². The van der Waals surface area contributed by atoms with Crippen LogP contribution >= 0.6 is 15.9 Å². The van der Waals surface area contributed by atoms with Crippen molar-refractivity contribution in [3.63, 3.8) is 0 Å². The van der Waals surface area contributed by atoms with Crippen molar-refractivity contribution in [3.8, 4) is 11.5 Å². The summed E-state index contributed by atoms with van der Waals surface area (Å²) in [5, 5.41) is 7.08. The first-order chi connectivity index (χ1) is 8.19. The fourth-order valence-corrected chi connectivity index (χ4v) is 2.15. The molecule has 4 nitrogen and oxygen atoms in total. The first-order valence-electron chi connectivity index (χ1n) is 5.50. The van der Waals surface area contributed by atoms with Gasteiger partial charge in [-0.05, 0) is 37.2 Å². The minimum absolute atomic E-state index is 0.558. The molecule has 0 radical (unpaired) electrons. The number of benzene rings is 1. The van der Waals surface area contributed by atoms with Gasteiger partial charge >= 0.3 is 0 Å². The van der Waals surface area contributed by atoms with Gasteiger partial charge in [-0.2, -0.15) is 4.98 Å². The molecule has 0 spiro atoms. The van der Waals surface area contributed by atoms with Crippen LogP contribution in [-0.4, -0.2) is 16.7 Å². The third kappa shape index (κ3) is 3.14. The van der Waals surface area contributed by atoms with Crippen LogP contribution in [0.2, 0.25) is 0 Å². The molecule has 0 saturated heterocycles. The maximum absolute atomic E-state index is 5.24. The van der Waals surface area contributed by atoms with Crippen molar-refractivity contribution in [2.75, 3.05) is 6.54 Å². The zero-order valence-corrected chi connectivity index (χ0v) is 11.4. The maximum Gasteiger partial charge on any atom is 0.258 e. The van der Waals surface area contributed by atoms with Crippen LogP contribution < -0.4 is 5.32 Å². The Morgan fingerprint density at radius 1 is 1.35 bits per heavy atom. The fraction of sp³-hybridized carbons (Fsp3) is 0.333. The van der Waals surface area contributed by atoms with E-state index in [-0.39, 0.29) is 0 Å². The van der Waals surface area contributed by atoms with E-state index in [1.165, 1.54) is 0 Å². The van der Waals surface area contributed by atoms with Crippen LogP contribution in [0.4, 0.5) is 0 Å². The van der Waals surface area contributed by atoms with Crippen LogP contribution in [0.15, 0.2) is 27.2 Å². The SMILES string of the molecule is CCNCc1noc(-c2cc(C)cc(Br)c2)n1. The molecule has 0 fully saturated rings. The maximum atomic E-state index is 5.24. The Balaban J connectivity index is 2.24. The van der Waals surface area contributed by atoms with Crippen LogP contribution in [-0.2, 0) is 6.54 Å². The quantitative estimate of drug-likeness (QED) is 0.942. The molecule has 0 amide bonds. The van der Waals surface area contributed by atoms with Crippen molar-refractivity contribution in [2.24, 2.45) is 0 Å². The van der Waals surface area contributed by atoms with Gasteiger partial charge < -0.3 is 9.84 Å². The molecule has 2 aromatic rings. The largest absolute Gasteiger partial charge is 0.334 e. The van der Waals surface area contributed by atoms with Gasteiger partial charge in [-0.15, -0.1) is 0 Å². The van der Waals surface area contributed by atoms with Gasteiger partial charge in [-0.25, -0.2) is 0 Å². The highest BCUT2D eigenvalue weighted by Crippen LogP contribution is 2.23. The molecule has 1 aromatic carbocycles. The second-order valence-corrected chi connectivity index (χ2v) is 4.73. The summed E-state index contributed by atoms with van der Waals surface area (Å²) in [6, 6.07) is 6.03. The van der Waals surface area contributed by atoms with E-state index in [0.717, 1.165) is 22.1 Å². The smallest absolute Gasteiger partial charge is 0.258 e. The number of nitrogens with one attached hydrogen (secondary N) is 1. The predicted octanol–water partition coefficient (Wildman–Crippen LogP) is 2.92. The average Bonchev–Trinajstić information content (AvgIpc) is 2.73. The molecular weight excluding hydrogens is 282 g/mol. The second kappa shape index (κ2) is 5.42. The van der Waals surface area contributed by atoms with E-state index in [1.807, 2.05) is 32.0 Å². The molecule has 0 aliphatic carbocycles. The third-order valence-corrected chi connectivity index (χ3v) is 2.75. The second-order valence-electron chi connectivity index (χ2n) is 3.81. The van der Waals surface area contributed by atoms with Crippen LogP contribution in [0, 0.1) is 6.92 Å². The van der Waals surface area contributed by atoms with Gasteiger partial charge in [0.25, 0.3) is 5.89 Å². The van der Waals surface area contributed by atoms with E-state index >= 15 is 0 Å². The summed E-state index contributed by atoms with van der Waals surface area (Å²) < 4.78 is 6.25. The lowest BCUT2D eigenvalue weighted by Gasteiger charge is -1.98. The van der Waals surface area contributed by atoms with E-state index in [4.69, 9.17) is 4.52 Å². The molecule has 1 heterocycles. The lowest BCUT2D eigenvalue weighted by Crippen LogP contribution is -2.12. The Labute approximate surface area is 109 Å². The zero-order valence-electron chi connectivity index (χ0n) is 9.83. The summed E-state index contributed by atoms with van der Waals surface area (Å²) in [7, 11) is 0. The molecule has 1 N–H and O–H groups in total. The minimum atomic E-state index is 0.558. The molecule has 0 aliphatic heterocycles. The summed E-state index contributed by atoms with van der Waals surface area (Å²) >= 11 is 3.46. The van der Waals surface area contributed by atoms with Gasteiger partial charge in [-0.1, -0.05) is 28.0 Å². The van der Waals surface area contributed by atoms with Crippen molar-refractivity contribution in [3.05, 3.63) is 34.1 Å². The molecule has 2 rings (SSSR count). The lowest BCUT2D eigenvalue weighted by molar-refractivity contribution is 0.420. The number of rotatable bonds is 4. The molecule has 0 saturated carbocycles. The third-order valence-electron chi connectivity index (χ3n) is 2.29. The number of hydrogen-bond donors (Lipinski definition) is 1. The van der Waals surface area contributed by atoms with Gasteiger partial charge in [0.1, 0.15) is 0 Å². The van der Waals surface area contributed by atoms with Crippen molar-refractivity contribution < 1.29 is 4.52 Å². The molecule has 0 bridgehead atoms. The van der Waals surface area contributed by atoms with Crippen molar-refractivity contribution in [1.29, 1.82) is 0 Å².